The fourth-order valence-corrected chi connectivity index (χ4v) is 1.90. The van der Waals surface area contributed by atoms with Crippen molar-refractivity contribution in [3.8, 4) is 0 Å². The summed E-state index contributed by atoms with van der Waals surface area (Å²) in [6.07, 6.45) is 3.54. The van der Waals surface area contributed by atoms with Crippen LogP contribution in [0.2, 0.25) is 0 Å². The van der Waals surface area contributed by atoms with Gasteiger partial charge in [-0.1, -0.05) is 13.8 Å². The lowest BCUT2D eigenvalue weighted by Crippen LogP contribution is -2.15. The summed E-state index contributed by atoms with van der Waals surface area (Å²) in [5.74, 6) is 2.95. The van der Waals surface area contributed by atoms with Gasteiger partial charge in [0, 0.05) is 18.9 Å². The van der Waals surface area contributed by atoms with E-state index in [-0.39, 0.29) is 0 Å². The zero-order valence-corrected chi connectivity index (χ0v) is 7.75. The van der Waals surface area contributed by atoms with E-state index in [1.54, 1.807) is 0 Å². The molecule has 3 heteroatoms. The molecule has 66 valence electrons. The molecular weight excluding hydrogens is 150 g/mol. The van der Waals surface area contributed by atoms with Crippen molar-refractivity contribution in [2.75, 3.05) is 0 Å². The van der Waals surface area contributed by atoms with Gasteiger partial charge >= 0.3 is 0 Å². The number of hydrogen-bond donors (Lipinski definition) is 0. The van der Waals surface area contributed by atoms with Crippen LogP contribution in [0.15, 0.2) is 0 Å². The molecule has 1 aromatic rings. The highest BCUT2D eigenvalue weighted by molar-refractivity contribution is 5.03. The summed E-state index contributed by atoms with van der Waals surface area (Å²) in [5.41, 5.74) is 0. The van der Waals surface area contributed by atoms with Crippen LogP contribution >= 0.6 is 0 Å². The maximum Gasteiger partial charge on any atom is 0.135 e. The normalized spacial score (nSPS) is 22.3. The van der Waals surface area contributed by atoms with Gasteiger partial charge in [-0.25, -0.2) is 0 Å². The first kappa shape index (κ1) is 7.77. The minimum absolute atomic E-state index is 0.603. The van der Waals surface area contributed by atoms with Crippen molar-refractivity contribution >= 4 is 0 Å². The highest BCUT2D eigenvalue weighted by Crippen LogP contribution is 2.25. The number of aromatic nitrogens is 3. The van der Waals surface area contributed by atoms with Crippen molar-refractivity contribution in [1.29, 1.82) is 0 Å². The maximum atomic E-state index is 4.22. The van der Waals surface area contributed by atoms with Gasteiger partial charge in [-0.05, 0) is 12.8 Å². The van der Waals surface area contributed by atoms with Crippen LogP contribution in [-0.4, -0.2) is 14.8 Å². The van der Waals surface area contributed by atoms with E-state index in [0.29, 0.717) is 5.92 Å². The summed E-state index contributed by atoms with van der Waals surface area (Å²) in [7, 11) is 0. The molecular formula is C9H15N3. The lowest BCUT2D eigenvalue weighted by molar-refractivity contribution is 0.455. The minimum Gasteiger partial charge on any atom is -0.315 e. The summed E-state index contributed by atoms with van der Waals surface area (Å²) in [6.45, 7) is 5.49. The van der Waals surface area contributed by atoms with Crippen LogP contribution in [0.5, 0.6) is 0 Å². The van der Waals surface area contributed by atoms with Gasteiger partial charge in [0.1, 0.15) is 11.6 Å². The van der Waals surface area contributed by atoms with Crippen LogP contribution in [0.3, 0.4) is 0 Å². The van der Waals surface area contributed by atoms with Gasteiger partial charge in [-0.15, -0.1) is 10.2 Å². The second-order valence-electron chi connectivity index (χ2n) is 3.52. The smallest absolute Gasteiger partial charge is 0.135 e. The third kappa shape index (κ3) is 1.04. The van der Waals surface area contributed by atoms with E-state index in [1.165, 1.54) is 18.7 Å². The van der Waals surface area contributed by atoms with E-state index in [4.69, 9.17) is 0 Å². The van der Waals surface area contributed by atoms with E-state index in [0.717, 1.165) is 18.8 Å². The summed E-state index contributed by atoms with van der Waals surface area (Å²) < 4.78 is 2.29. The molecule has 1 unspecified atom stereocenters. The SMILES string of the molecule is CCc1nnc2n1CCCC2C. The molecule has 0 aliphatic carbocycles. The van der Waals surface area contributed by atoms with Crippen LogP contribution in [-0.2, 0) is 13.0 Å². The largest absolute Gasteiger partial charge is 0.315 e. The average Bonchev–Trinajstić information content (AvgIpc) is 2.49. The number of aryl methyl sites for hydroxylation is 1. The Hall–Kier alpha value is -0.860. The Morgan fingerprint density at radius 1 is 1.50 bits per heavy atom. The molecule has 1 aliphatic rings. The van der Waals surface area contributed by atoms with Crippen LogP contribution in [0.4, 0.5) is 0 Å². The molecule has 0 spiro atoms. The van der Waals surface area contributed by atoms with Gasteiger partial charge in [0.15, 0.2) is 0 Å². The molecule has 0 amide bonds. The Labute approximate surface area is 72.8 Å². The second-order valence-corrected chi connectivity index (χ2v) is 3.52. The Balaban J connectivity index is 2.41. The van der Waals surface area contributed by atoms with E-state index < -0.39 is 0 Å². The molecule has 0 fully saturated rings. The molecule has 0 radical (unpaired) electrons. The minimum atomic E-state index is 0.603. The summed E-state index contributed by atoms with van der Waals surface area (Å²) >= 11 is 0. The molecule has 2 rings (SSSR count). The molecule has 0 saturated heterocycles. The number of fused-ring (bicyclic) bond motifs is 1. The fourth-order valence-electron chi connectivity index (χ4n) is 1.90. The molecule has 0 aromatic carbocycles. The van der Waals surface area contributed by atoms with Crippen LogP contribution < -0.4 is 0 Å². The van der Waals surface area contributed by atoms with Gasteiger partial charge < -0.3 is 4.57 Å². The Kier molecular flexibility index (Phi) is 1.87. The highest BCUT2D eigenvalue weighted by atomic mass is 15.3. The molecule has 0 saturated carbocycles. The van der Waals surface area contributed by atoms with Gasteiger partial charge in [-0.2, -0.15) is 0 Å². The Morgan fingerprint density at radius 2 is 2.33 bits per heavy atom. The number of nitrogens with zero attached hydrogens (tertiary/aromatic N) is 3. The standard InChI is InChI=1S/C9H15N3/c1-3-8-10-11-9-7(2)5-4-6-12(8)9/h7H,3-6H2,1-2H3. The summed E-state index contributed by atoms with van der Waals surface area (Å²) in [6, 6.07) is 0. The van der Waals surface area contributed by atoms with E-state index in [9.17, 15) is 0 Å². The monoisotopic (exact) mass is 165 g/mol. The maximum absolute atomic E-state index is 4.22. The van der Waals surface area contributed by atoms with Gasteiger partial charge in [0.2, 0.25) is 0 Å². The lowest BCUT2D eigenvalue weighted by atomic mass is 10.0. The van der Waals surface area contributed by atoms with Crippen molar-refractivity contribution in [2.45, 2.75) is 45.6 Å². The van der Waals surface area contributed by atoms with Gasteiger partial charge in [-0.3, -0.25) is 0 Å². The molecule has 1 atom stereocenters. The topological polar surface area (TPSA) is 30.7 Å². The molecule has 3 nitrogen and oxygen atoms in total. The van der Waals surface area contributed by atoms with Crippen LogP contribution in [0.25, 0.3) is 0 Å². The fraction of sp³-hybridized carbons (Fsp3) is 0.778. The van der Waals surface area contributed by atoms with E-state index >= 15 is 0 Å². The lowest BCUT2D eigenvalue weighted by Gasteiger charge is -2.19. The van der Waals surface area contributed by atoms with E-state index in [1.807, 2.05) is 0 Å². The zero-order chi connectivity index (χ0) is 8.55. The van der Waals surface area contributed by atoms with E-state index in [2.05, 4.69) is 28.6 Å². The van der Waals surface area contributed by atoms with Gasteiger partial charge in [0.05, 0.1) is 0 Å². The van der Waals surface area contributed by atoms with Crippen molar-refractivity contribution in [2.24, 2.45) is 0 Å². The van der Waals surface area contributed by atoms with Crippen LogP contribution in [0, 0.1) is 0 Å². The first-order chi connectivity index (χ1) is 5.83. The van der Waals surface area contributed by atoms with Crippen molar-refractivity contribution in [1.82, 2.24) is 14.8 Å². The van der Waals surface area contributed by atoms with Crippen molar-refractivity contribution in [3.63, 3.8) is 0 Å². The second kappa shape index (κ2) is 2.88. The molecule has 1 aliphatic heterocycles. The predicted octanol–water partition coefficient (Wildman–Crippen LogP) is 1.74. The third-order valence-corrected chi connectivity index (χ3v) is 2.63. The zero-order valence-electron chi connectivity index (χ0n) is 7.75. The number of hydrogen-bond acceptors (Lipinski definition) is 2. The number of rotatable bonds is 1. The first-order valence-electron chi connectivity index (χ1n) is 4.75. The highest BCUT2D eigenvalue weighted by Gasteiger charge is 2.20. The molecule has 1 aromatic heterocycles. The Bertz CT molecular complexity index is 277. The molecule has 0 N–H and O–H groups in total. The molecule has 2 heterocycles. The quantitative estimate of drug-likeness (QED) is 0.634. The predicted molar refractivity (Wildman–Crippen MR) is 47.0 cm³/mol. The van der Waals surface area contributed by atoms with Crippen molar-refractivity contribution < 1.29 is 0 Å². The molecule has 12 heavy (non-hydrogen) atoms. The van der Waals surface area contributed by atoms with Gasteiger partial charge in [0.25, 0.3) is 0 Å². The Morgan fingerprint density at radius 3 is 3.08 bits per heavy atom. The summed E-state index contributed by atoms with van der Waals surface area (Å²) in [4.78, 5) is 0. The molecule has 0 bridgehead atoms. The first-order valence-corrected chi connectivity index (χ1v) is 4.75. The van der Waals surface area contributed by atoms with Crippen LogP contribution in [0.1, 0.15) is 44.3 Å². The average molecular weight is 165 g/mol. The third-order valence-electron chi connectivity index (χ3n) is 2.63. The van der Waals surface area contributed by atoms with Crippen molar-refractivity contribution in [3.05, 3.63) is 11.6 Å². The summed E-state index contributed by atoms with van der Waals surface area (Å²) in [5, 5.41) is 8.40.